The Hall–Kier alpha value is -0.520. The number of hydrogen-bond donors (Lipinski definition) is 1. The second kappa shape index (κ2) is 6.42. The Morgan fingerprint density at radius 1 is 1.47 bits per heavy atom. The number of ether oxygens (including phenoxy) is 1. The Bertz CT molecular complexity index is 337. The first kappa shape index (κ1) is 14.5. The van der Waals surface area contributed by atoms with Gasteiger partial charge < -0.3 is 10.5 Å². The average molecular weight is 260 g/mol. The molecule has 1 atom stereocenters. The second-order valence-electron chi connectivity index (χ2n) is 4.40. The minimum Gasteiger partial charge on any atom is -0.381 e. The van der Waals surface area contributed by atoms with Gasteiger partial charge in [0.2, 0.25) is 0 Å². The Morgan fingerprint density at radius 2 is 2.18 bits per heavy atom. The summed E-state index contributed by atoms with van der Waals surface area (Å²) in [7, 11) is 1.52. The molecule has 0 aliphatic heterocycles. The molecule has 0 amide bonds. The molecule has 0 saturated carbocycles. The third-order valence-electron chi connectivity index (χ3n) is 2.77. The molecule has 1 unspecified atom stereocenters. The SMILES string of the molecule is COCC(F)(CCCN)Cc1nc(C)c(C)s1. The number of nitrogens with two attached hydrogens (primary N) is 1. The van der Waals surface area contributed by atoms with Crippen LogP contribution < -0.4 is 5.73 Å². The van der Waals surface area contributed by atoms with E-state index in [1.807, 2.05) is 13.8 Å². The van der Waals surface area contributed by atoms with E-state index in [0.29, 0.717) is 25.8 Å². The lowest BCUT2D eigenvalue weighted by molar-refractivity contribution is 0.0334. The molecular formula is C12H21FN2OS. The predicted octanol–water partition coefficient (Wildman–Crippen LogP) is 2.40. The molecule has 98 valence electrons. The summed E-state index contributed by atoms with van der Waals surface area (Å²) in [5.41, 5.74) is 5.08. The van der Waals surface area contributed by atoms with Crippen LogP contribution in [0, 0.1) is 13.8 Å². The van der Waals surface area contributed by atoms with Gasteiger partial charge in [-0.2, -0.15) is 0 Å². The third kappa shape index (κ3) is 4.33. The first-order valence-electron chi connectivity index (χ1n) is 5.81. The Balaban J connectivity index is 2.71. The zero-order valence-electron chi connectivity index (χ0n) is 10.8. The highest BCUT2D eigenvalue weighted by Gasteiger charge is 2.31. The number of thiazole rings is 1. The van der Waals surface area contributed by atoms with Crippen LogP contribution >= 0.6 is 11.3 Å². The number of nitrogens with zero attached hydrogens (tertiary/aromatic N) is 1. The largest absolute Gasteiger partial charge is 0.381 e. The highest BCUT2D eigenvalue weighted by Crippen LogP contribution is 2.27. The van der Waals surface area contributed by atoms with Crippen molar-refractivity contribution in [2.24, 2.45) is 5.73 Å². The fourth-order valence-corrected chi connectivity index (χ4v) is 2.84. The lowest BCUT2D eigenvalue weighted by atomic mass is 9.97. The van der Waals surface area contributed by atoms with Gasteiger partial charge in [-0.1, -0.05) is 0 Å². The first-order chi connectivity index (χ1) is 8.00. The molecule has 0 radical (unpaired) electrons. The molecule has 0 fully saturated rings. The van der Waals surface area contributed by atoms with Crippen LogP contribution in [0.5, 0.6) is 0 Å². The van der Waals surface area contributed by atoms with Crippen molar-refractivity contribution in [3.8, 4) is 0 Å². The van der Waals surface area contributed by atoms with Crippen LogP contribution in [0.2, 0.25) is 0 Å². The van der Waals surface area contributed by atoms with Crippen molar-refractivity contribution >= 4 is 11.3 Å². The average Bonchev–Trinajstić information content (AvgIpc) is 2.55. The van der Waals surface area contributed by atoms with Crippen LogP contribution in [0.3, 0.4) is 0 Å². The molecule has 0 aliphatic rings. The van der Waals surface area contributed by atoms with Gasteiger partial charge in [0, 0.05) is 18.4 Å². The molecule has 1 heterocycles. The topological polar surface area (TPSA) is 48.1 Å². The van der Waals surface area contributed by atoms with Crippen LogP contribution in [-0.2, 0) is 11.2 Å². The van der Waals surface area contributed by atoms with Crippen LogP contribution in [0.4, 0.5) is 4.39 Å². The first-order valence-corrected chi connectivity index (χ1v) is 6.63. The number of halogens is 1. The summed E-state index contributed by atoms with van der Waals surface area (Å²) in [5.74, 6) is 0. The maximum absolute atomic E-state index is 14.6. The molecule has 5 heteroatoms. The van der Waals surface area contributed by atoms with Gasteiger partial charge in [0.25, 0.3) is 0 Å². The molecule has 1 rings (SSSR count). The zero-order valence-corrected chi connectivity index (χ0v) is 11.6. The van der Waals surface area contributed by atoms with E-state index in [9.17, 15) is 4.39 Å². The van der Waals surface area contributed by atoms with E-state index in [0.717, 1.165) is 15.6 Å². The molecule has 2 N–H and O–H groups in total. The van der Waals surface area contributed by atoms with Crippen molar-refractivity contribution in [1.82, 2.24) is 4.98 Å². The zero-order chi connectivity index (χ0) is 12.9. The summed E-state index contributed by atoms with van der Waals surface area (Å²) in [5, 5.41) is 0.844. The molecule has 1 aromatic heterocycles. The van der Waals surface area contributed by atoms with Crippen molar-refractivity contribution in [2.45, 2.75) is 38.8 Å². The number of aryl methyl sites for hydroxylation is 2. The van der Waals surface area contributed by atoms with Crippen molar-refractivity contribution < 1.29 is 9.13 Å². The maximum Gasteiger partial charge on any atom is 0.140 e. The molecule has 3 nitrogen and oxygen atoms in total. The Labute approximate surface area is 106 Å². The molecule has 0 aliphatic carbocycles. The van der Waals surface area contributed by atoms with Gasteiger partial charge in [0.15, 0.2) is 0 Å². The second-order valence-corrected chi connectivity index (χ2v) is 5.69. The van der Waals surface area contributed by atoms with Crippen molar-refractivity contribution in [3.05, 3.63) is 15.6 Å². The smallest absolute Gasteiger partial charge is 0.140 e. The molecule has 0 bridgehead atoms. The molecular weight excluding hydrogens is 239 g/mol. The van der Waals surface area contributed by atoms with E-state index >= 15 is 0 Å². The number of aromatic nitrogens is 1. The van der Waals surface area contributed by atoms with Gasteiger partial charge in [-0.15, -0.1) is 11.3 Å². The van der Waals surface area contributed by atoms with E-state index in [1.54, 1.807) is 11.3 Å². The summed E-state index contributed by atoms with van der Waals surface area (Å²) in [6.07, 6.45) is 1.42. The van der Waals surface area contributed by atoms with Crippen LogP contribution in [0.25, 0.3) is 0 Å². The van der Waals surface area contributed by atoms with Gasteiger partial charge in [-0.25, -0.2) is 9.37 Å². The van der Waals surface area contributed by atoms with E-state index in [-0.39, 0.29) is 6.61 Å². The van der Waals surface area contributed by atoms with Gasteiger partial charge in [0.1, 0.15) is 5.67 Å². The Morgan fingerprint density at radius 3 is 2.65 bits per heavy atom. The fourth-order valence-electron chi connectivity index (χ4n) is 1.77. The number of methoxy groups -OCH3 is 1. The van der Waals surface area contributed by atoms with Crippen molar-refractivity contribution in [2.75, 3.05) is 20.3 Å². The highest BCUT2D eigenvalue weighted by molar-refractivity contribution is 7.11. The molecule has 1 aromatic rings. The maximum atomic E-state index is 14.6. The van der Waals surface area contributed by atoms with E-state index in [2.05, 4.69) is 4.98 Å². The summed E-state index contributed by atoms with van der Waals surface area (Å²) >= 11 is 1.56. The van der Waals surface area contributed by atoms with Gasteiger partial charge in [-0.3, -0.25) is 0 Å². The number of rotatable bonds is 7. The highest BCUT2D eigenvalue weighted by atomic mass is 32.1. The molecule has 0 aromatic carbocycles. The van der Waals surface area contributed by atoms with Crippen molar-refractivity contribution in [3.63, 3.8) is 0 Å². The summed E-state index contributed by atoms with van der Waals surface area (Å²) < 4.78 is 19.6. The third-order valence-corrected chi connectivity index (χ3v) is 3.85. The summed E-state index contributed by atoms with van der Waals surface area (Å²) in [6.45, 7) is 4.56. The summed E-state index contributed by atoms with van der Waals surface area (Å²) in [6, 6.07) is 0. The van der Waals surface area contributed by atoms with Gasteiger partial charge in [0.05, 0.1) is 17.3 Å². The minimum absolute atomic E-state index is 0.102. The predicted molar refractivity (Wildman–Crippen MR) is 69.3 cm³/mol. The Kier molecular flexibility index (Phi) is 5.49. The van der Waals surface area contributed by atoms with Gasteiger partial charge >= 0.3 is 0 Å². The molecule has 0 saturated heterocycles. The fraction of sp³-hybridized carbons (Fsp3) is 0.750. The van der Waals surface area contributed by atoms with E-state index < -0.39 is 5.67 Å². The lowest BCUT2D eigenvalue weighted by Gasteiger charge is -2.23. The standard InChI is InChI=1S/C12H21FN2OS/c1-9-10(2)17-11(15-9)7-12(13,8-16-3)5-4-6-14/h4-8,14H2,1-3H3. The molecule has 17 heavy (non-hydrogen) atoms. The normalized spacial score (nSPS) is 14.9. The number of hydrogen-bond acceptors (Lipinski definition) is 4. The van der Waals surface area contributed by atoms with Gasteiger partial charge in [-0.05, 0) is 33.2 Å². The molecule has 0 spiro atoms. The monoisotopic (exact) mass is 260 g/mol. The van der Waals surface area contributed by atoms with E-state index in [4.69, 9.17) is 10.5 Å². The van der Waals surface area contributed by atoms with Crippen molar-refractivity contribution in [1.29, 1.82) is 0 Å². The quantitative estimate of drug-likeness (QED) is 0.819. The van der Waals surface area contributed by atoms with Crippen LogP contribution in [0.1, 0.15) is 28.4 Å². The van der Waals surface area contributed by atoms with E-state index in [1.165, 1.54) is 7.11 Å². The van der Waals surface area contributed by atoms with Crippen LogP contribution in [-0.4, -0.2) is 30.9 Å². The van der Waals surface area contributed by atoms with Crippen LogP contribution in [0.15, 0.2) is 0 Å². The summed E-state index contributed by atoms with van der Waals surface area (Å²) in [4.78, 5) is 5.53. The number of alkyl halides is 1. The lowest BCUT2D eigenvalue weighted by Crippen LogP contribution is -2.32. The minimum atomic E-state index is -1.34.